The molecule has 2 aliphatic carbocycles. The van der Waals surface area contributed by atoms with Gasteiger partial charge >= 0.3 is 5.97 Å². The van der Waals surface area contributed by atoms with E-state index in [2.05, 4.69) is 5.32 Å². The van der Waals surface area contributed by atoms with Crippen molar-refractivity contribution in [2.75, 3.05) is 0 Å². The third kappa shape index (κ3) is 2.85. The number of hydrogen-bond acceptors (Lipinski definition) is 2. The number of amides is 1. The zero-order chi connectivity index (χ0) is 13.3. The first kappa shape index (κ1) is 13.4. The molecule has 1 amide bonds. The Balaban J connectivity index is 1.87. The van der Waals surface area contributed by atoms with Gasteiger partial charge in [0.2, 0.25) is 5.91 Å². The third-order valence-electron chi connectivity index (χ3n) is 4.28. The second kappa shape index (κ2) is 5.29. The van der Waals surface area contributed by atoms with Gasteiger partial charge in [0.15, 0.2) is 0 Å². The predicted molar refractivity (Wildman–Crippen MR) is 68.0 cm³/mol. The highest BCUT2D eigenvalue weighted by atomic mass is 16.4. The van der Waals surface area contributed by atoms with Crippen molar-refractivity contribution in [1.82, 2.24) is 5.32 Å². The number of carbonyl (C=O) groups is 2. The fourth-order valence-electron chi connectivity index (χ4n) is 3.34. The van der Waals surface area contributed by atoms with E-state index in [0.717, 1.165) is 12.8 Å². The molecule has 0 aromatic rings. The maximum absolute atomic E-state index is 12.1. The Morgan fingerprint density at radius 1 is 1.22 bits per heavy atom. The standard InChI is InChI=1S/C14H23NO3/c1-8(2)7-11(14(17)18)15-13(16)12-9-5-3-4-6-10(9)12/h8-12H,3-7H2,1-2H3,(H,15,16)(H,17,18)/t9?,10?,11-,12?/m0/s1. The van der Waals surface area contributed by atoms with Crippen LogP contribution in [-0.4, -0.2) is 23.0 Å². The van der Waals surface area contributed by atoms with Crippen LogP contribution in [0.1, 0.15) is 46.0 Å². The largest absolute Gasteiger partial charge is 0.480 e. The summed E-state index contributed by atoms with van der Waals surface area (Å²) in [5.41, 5.74) is 0. The van der Waals surface area contributed by atoms with Crippen LogP contribution in [-0.2, 0) is 9.59 Å². The lowest BCUT2D eigenvalue weighted by molar-refractivity contribution is -0.142. The summed E-state index contributed by atoms with van der Waals surface area (Å²) in [5, 5.41) is 11.8. The molecule has 18 heavy (non-hydrogen) atoms. The summed E-state index contributed by atoms with van der Waals surface area (Å²) in [7, 11) is 0. The van der Waals surface area contributed by atoms with Gasteiger partial charge in [0.25, 0.3) is 0 Å². The Hall–Kier alpha value is -1.06. The Bertz CT molecular complexity index is 328. The minimum atomic E-state index is -0.916. The van der Waals surface area contributed by atoms with Crippen molar-refractivity contribution in [2.45, 2.75) is 52.0 Å². The monoisotopic (exact) mass is 253 g/mol. The van der Waals surface area contributed by atoms with E-state index in [1.165, 1.54) is 12.8 Å². The molecule has 2 saturated carbocycles. The lowest BCUT2D eigenvalue weighted by Gasteiger charge is -2.16. The summed E-state index contributed by atoms with van der Waals surface area (Å²) in [6.45, 7) is 3.94. The summed E-state index contributed by atoms with van der Waals surface area (Å²) in [5.74, 6) is 0.495. The van der Waals surface area contributed by atoms with Gasteiger partial charge in [0.05, 0.1) is 0 Å². The maximum Gasteiger partial charge on any atom is 0.326 e. The van der Waals surface area contributed by atoms with E-state index in [1.54, 1.807) is 0 Å². The summed E-state index contributed by atoms with van der Waals surface area (Å²) >= 11 is 0. The lowest BCUT2D eigenvalue weighted by atomic mass is 10.0. The summed E-state index contributed by atoms with van der Waals surface area (Å²) in [6.07, 6.45) is 5.23. The fourth-order valence-corrected chi connectivity index (χ4v) is 3.34. The Morgan fingerprint density at radius 2 is 1.78 bits per heavy atom. The molecule has 0 radical (unpaired) electrons. The highest BCUT2D eigenvalue weighted by Crippen LogP contribution is 2.55. The van der Waals surface area contributed by atoms with Crippen LogP contribution in [0.4, 0.5) is 0 Å². The highest BCUT2D eigenvalue weighted by Gasteiger charge is 2.55. The van der Waals surface area contributed by atoms with Crippen molar-refractivity contribution in [3.63, 3.8) is 0 Å². The van der Waals surface area contributed by atoms with Gasteiger partial charge < -0.3 is 10.4 Å². The van der Waals surface area contributed by atoms with Gasteiger partial charge in [-0.1, -0.05) is 26.7 Å². The SMILES string of the molecule is CC(C)C[C@H](NC(=O)C1C2CCCCC21)C(=O)O. The molecule has 0 saturated heterocycles. The van der Waals surface area contributed by atoms with Gasteiger partial charge in [-0.15, -0.1) is 0 Å². The van der Waals surface area contributed by atoms with Gasteiger partial charge in [-0.2, -0.15) is 0 Å². The number of hydrogen-bond donors (Lipinski definition) is 2. The quantitative estimate of drug-likeness (QED) is 0.788. The number of carboxylic acid groups (broad SMARTS) is 1. The Kier molecular flexibility index (Phi) is 3.93. The van der Waals surface area contributed by atoms with Crippen molar-refractivity contribution in [1.29, 1.82) is 0 Å². The number of rotatable bonds is 5. The molecule has 0 bridgehead atoms. The topological polar surface area (TPSA) is 66.4 Å². The molecule has 0 spiro atoms. The lowest BCUT2D eigenvalue weighted by Crippen LogP contribution is -2.42. The molecule has 4 heteroatoms. The van der Waals surface area contributed by atoms with Crippen LogP contribution < -0.4 is 5.32 Å². The Morgan fingerprint density at radius 3 is 2.22 bits per heavy atom. The molecule has 0 aromatic carbocycles. The van der Waals surface area contributed by atoms with Crippen LogP contribution in [0.15, 0.2) is 0 Å². The van der Waals surface area contributed by atoms with Crippen molar-refractivity contribution in [2.24, 2.45) is 23.7 Å². The number of nitrogens with one attached hydrogen (secondary N) is 1. The van der Waals surface area contributed by atoms with Crippen molar-refractivity contribution in [3.05, 3.63) is 0 Å². The van der Waals surface area contributed by atoms with E-state index in [-0.39, 0.29) is 17.7 Å². The number of fused-ring (bicyclic) bond motifs is 1. The first-order valence-electron chi connectivity index (χ1n) is 7.04. The van der Waals surface area contributed by atoms with Crippen molar-refractivity contribution < 1.29 is 14.7 Å². The van der Waals surface area contributed by atoms with Gasteiger partial charge in [0.1, 0.15) is 6.04 Å². The molecular formula is C14H23NO3. The molecule has 102 valence electrons. The molecule has 2 fully saturated rings. The van der Waals surface area contributed by atoms with Crippen LogP contribution in [0.5, 0.6) is 0 Å². The van der Waals surface area contributed by atoms with E-state index in [1.807, 2.05) is 13.8 Å². The minimum Gasteiger partial charge on any atom is -0.480 e. The van der Waals surface area contributed by atoms with Crippen LogP contribution in [0.2, 0.25) is 0 Å². The fraction of sp³-hybridized carbons (Fsp3) is 0.857. The Labute approximate surface area is 108 Å². The van der Waals surface area contributed by atoms with Crippen LogP contribution >= 0.6 is 0 Å². The summed E-state index contributed by atoms with van der Waals surface area (Å²) < 4.78 is 0. The number of aliphatic carboxylic acids is 1. The van der Waals surface area contributed by atoms with E-state index in [4.69, 9.17) is 5.11 Å². The van der Waals surface area contributed by atoms with E-state index < -0.39 is 12.0 Å². The summed E-state index contributed by atoms with van der Waals surface area (Å²) in [6, 6.07) is -0.722. The molecule has 0 heterocycles. The van der Waals surface area contributed by atoms with Gasteiger partial charge in [-0.05, 0) is 37.0 Å². The van der Waals surface area contributed by atoms with Gasteiger partial charge in [-0.25, -0.2) is 4.79 Å². The summed E-state index contributed by atoms with van der Waals surface area (Å²) in [4.78, 5) is 23.2. The molecule has 0 aliphatic heterocycles. The van der Waals surface area contributed by atoms with E-state index in [0.29, 0.717) is 18.3 Å². The molecule has 2 aliphatic rings. The molecule has 2 rings (SSSR count). The minimum absolute atomic E-state index is 0.0278. The third-order valence-corrected chi connectivity index (χ3v) is 4.28. The maximum atomic E-state index is 12.1. The van der Waals surface area contributed by atoms with Crippen LogP contribution in [0.3, 0.4) is 0 Å². The highest BCUT2D eigenvalue weighted by molar-refractivity contribution is 5.87. The van der Waals surface area contributed by atoms with Gasteiger partial charge in [-0.3, -0.25) is 4.79 Å². The smallest absolute Gasteiger partial charge is 0.326 e. The second-order valence-electron chi connectivity index (χ2n) is 6.17. The average Bonchev–Trinajstić information content (AvgIpc) is 3.01. The first-order chi connectivity index (χ1) is 8.50. The number of carbonyl (C=O) groups excluding carboxylic acids is 1. The molecular weight excluding hydrogens is 230 g/mol. The van der Waals surface area contributed by atoms with E-state index in [9.17, 15) is 9.59 Å². The second-order valence-corrected chi connectivity index (χ2v) is 6.17. The average molecular weight is 253 g/mol. The first-order valence-corrected chi connectivity index (χ1v) is 7.04. The zero-order valence-electron chi connectivity index (χ0n) is 11.2. The van der Waals surface area contributed by atoms with Crippen LogP contribution in [0, 0.1) is 23.7 Å². The van der Waals surface area contributed by atoms with Crippen LogP contribution in [0.25, 0.3) is 0 Å². The molecule has 3 atom stereocenters. The number of carboxylic acids is 1. The van der Waals surface area contributed by atoms with Crippen molar-refractivity contribution in [3.8, 4) is 0 Å². The molecule has 0 aromatic heterocycles. The zero-order valence-corrected chi connectivity index (χ0v) is 11.2. The molecule has 4 nitrogen and oxygen atoms in total. The van der Waals surface area contributed by atoms with Gasteiger partial charge in [0, 0.05) is 5.92 Å². The predicted octanol–water partition coefficient (Wildman–Crippen LogP) is 2.04. The van der Waals surface area contributed by atoms with E-state index >= 15 is 0 Å². The normalized spacial score (nSPS) is 31.6. The molecule has 2 N–H and O–H groups in total. The molecule has 2 unspecified atom stereocenters. The van der Waals surface area contributed by atoms with Crippen molar-refractivity contribution >= 4 is 11.9 Å².